The molecule has 3 aromatic rings. The van der Waals surface area contributed by atoms with E-state index in [0.29, 0.717) is 12.2 Å². The molecule has 0 N–H and O–H groups in total. The first-order valence-corrected chi connectivity index (χ1v) is 9.53. The lowest BCUT2D eigenvalue weighted by atomic mass is 9.98. The Morgan fingerprint density at radius 1 is 0.889 bits per heavy atom. The number of hydrogen-bond acceptors (Lipinski definition) is 2. The monoisotopic (exact) mass is 361 g/mol. The predicted octanol–water partition coefficient (Wildman–Crippen LogP) is 5.98. The summed E-state index contributed by atoms with van der Waals surface area (Å²) in [5.41, 5.74) is 4.96. The number of ether oxygens (including phenoxy) is 1. The van der Waals surface area contributed by atoms with Crippen LogP contribution in [0.2, 0.25) is 0 Å². The largest absolute Gasteiger partial charge is 0.489 e. The van der Waals surface area contributed by atoms with Gasteiger partial charge in [0.2, 0.25) is 0 Å². The van der Waals surface area contributed by atoms with Gasteiger partial charge in [0.15, 0.2) is 0 Å². The van der Waals surface area contributed by atoms with Crippen molar-refractivity contribution in [1.29, 1.82) is 0 Å². The second-order valence-electron chi connectivity index (χ2n) is 7.11. The number of halogens is 1. The van der Waals surface area contributed by atoms with Crippen LogP contribution in [-0.2, 0) is 6.61 Å². The Balaban J connectivity index is 1.43. The standard InChI is InChI=1S/C24H24FNO/c1-18-16-19(8-13-22(18)23-6-2-3-7-24(23)25)17-27-21-11-9-20(10-12-21)26-14-4-5-15-26/h2-3,6-13,16H,4-5,14-15,17H2,1H3. The Morgan fingerprint density at radius 3 is 2.33 bits per heavy atom. The quantitative estimate of drug-likeness (QED) is 0.554. The first kappa shape index (κ1) is 17.6. The molecule has 0 bridgehead atoms. The summed E-state index contributed by atoms with van der Waals surface area (Å²) < 4.78 is 20.0. The molecule has 0 saturated carbocycles. The van der Waals surface area contributed by atoms with Gasteiger partial charge in [-0.15, -0.1) is 0 Å². The summed E-state index contributed by atoms with van der Waals surface area (Å²) in [6.07, 6.45) is 2.56. The summed E-state index contributed by atoms with van der Waals surface area (Å²) in [6, 6.07) is 21.3. The molecule has 138 valence electrons. The van der Waals surface area contributed by atoms with Gasteiger partial charge in [0.1, 0.15) is 18.2 Å². The minimum absolute atomic E-state index is 0.192. The average molecular weight is 361 g/mol. The number of hydrogen-bond donors (Lipinski definition) is 0. The summed E-state index contributed by atoms with van der Waals surface area (Å²) in [4.78, 5) is 2.41. The molecule has 27 heavy (non-hydrogen) atoms. The van der Waals surface area contributed by atoms with Crippen molar-refractivity contribution < 1.29 is 9.13 Å². The molecule has 0 aromatic heterocycles. The minimum Gasteiger partial charge on any atom is -0.489 e. The molecule has 0 amide bonds. The van der Waals surface area contributed by atoms with Gasteiger partial charge < -0.3 is 9.64 Å². The van der Waals surface area contributed by atoms with Crippen LogP contribution in [0.15, 0.2) is 66.7 Å². The number of nitrogens with zero attached hydrogens (tertiary/aromatic N) is 1. The Labute approximate surface area is 160 Å². The first-order chi connectivity index (χ1) is 13.2. The van der Waals surface area contributed by atoms with Crippen molar-refractivity contribution in [2.45, 2.75) is 26.4 Å². The molecule has 1 fully saturated rings. The van der Waals surface area contributed by atoms with Gasteiger partial charge in [-0.05, 0) is 66.8 Å². The summed E-state index contributed by atoms with van der Waals surface area (Å²) >= 11 is 0. The van der Waals surface area contributed by atoms with Crippen molar-refractivity contribution in [3.63, 3.8) is 0 Å². The highest BCUT2D eigenvalue weighted by atomic mass is 19.1. The average Bonchev–Trinajstić information content (AvgIpc) is 3.22. The molecular formula is C24H24FNO. The fraction of sp³-hybridized carbons (Fsp3) is 0.250. The Hall–Kier alpha value is -2.81. The molecule has 0 atom stereocenters. The topological polar surface area (TPSA) is 12.5 Å². The van der Waals surface area contributed by atoms with E-state index in [9.17, 15) is 4.39 Å². The van der Waals surface area contributed by atoms with E-state index in [1.54, 1.807) is 6.07 Å². The molecular weight excluding hydrogens is 337 g/mol. The first-order valence-electron chi connectivity index (χ1n) is 9.53. The van der Waals surface area contributed by atoms with Crippen LogP contribution in [0.5, 0.6) is 5.75 Å². The predicted molar refractivity (Wildman–Crippen MR) is 109 cm³/mol. The van der Waals surface area contributed by atoms with E-state index in [2.05, 4.69) is 23.1 Å². The van der Waals surface area contributed by atoms with Crippen molar-refractivity contribution in [3.05, 3.63) is 83.7 Å². The molecule has 3 aromatic carbocycles. The zero-order valence-corrected chi connectivity index (χ0v) is 15.6. The maximum absolute atomic E-state index is 14.0. The molecule has 1 saturated heterocycles. The van der Waals surface area contributed by atoms with Gasteiger partial charge in [-0.3, -0.25) is 0 Å². The highest BCUT2D eigenvalue weighted by molar-refractivity contribution is 5.68. The van der Waals surface area contributed by atoms with Crippen molar-refractivity contribution in [2.75, 3.05) is 18.0 Å². The lowest BCUT2D eigenvalue weighted by Gasteiger charge is -2.18. The fourth-order valence-electron chi connectivity index (χ4n) is 3.69. The summed E-state index contributed by atoms with van der Waals surface area (Å²) in [5.74, 6) is 0.677. The van der Waals surface area contributed by atoms with Gasteiger partial charge in [0.05, 0.1) is 0 Å². The smallest absolute Gasteiger partial charge is 0.131 e. The van der Waals surface area contributed by atoms with E-state index in [1.807, 2.05) is 43.3 Å². The van der Waals surface area contributed by atoms with Crippen molar-refractivity contribution >= 4 is 5.69 Å². The van der Waals surface area contributed by atoms with Gasteiger partial charge in [-0.1, -0.05) is 36.4 Å². The number of rotatable bonds is 5. The summed E-state index contributed by atoms with van der Waals surface area (Å²) in [5, 5.41) is 0. The molecule has 0 aliphatic carbocycles. The second kappa shape index (κ2) is 7.83. The lowest BCUT2D eigenvalue weighted by Crippen LogP contribution is -2.17. The van der Waals surface area contributed by atoms with Gasteiger partial charge >= 0.3 is 0 Å². The van der Waals surface area contributed by atoms with Gasteiger partial charge in [0, 0.05) is 24.3 Å². The lowest BCUT2D eigenvalue weighted by molar-refractivity contribution is 0.306. The van der Waals surface area contributed by atoms with E-state index >= 15 is 0 Å². The number of aryl methyl sites for hydroxylation is 1. The van der Waals surface area contributed by atoms with E-state index in [4.69, 9.17) is 4.74 Å². The Morgan fingerprint density at radius 2 is 1.63 bits per heavy atom. The van der Waals surface area contributed by atoms with E-state index in [-0.39, 0.29) is 5.82 Å². The highest BCUT2D eigenvalue weighted by Crippen LogP contribution is 2.27. The second-order valence-corrected chi connectivity index (χ2v) is 7.11. The maximum atomic E-state index is 14.0. The Kier molecular flexibility index (Phi) is 5.10. The van der Waals surface area contributed by atoms with Crippen LogP contribution >= 0.6 is 0 Å². The molecule has 2 nitrogen and oxygen atoms in total. The van der Waals surface area contributed by atoms with E-state index < -0.39 is 0 Å². The normalized spacial score (nSPS) is 13.8. The van der Waals surface area contributed by atoms with Gasteiger partial charge in [0.25, 0.3) is 0 Å². The highest BCUT2D eigenvalue weighted by Gasteiger charge is 2.12. The SMILES string of the molecule is Cc1cc(COc2ccc(N3CCCC3)cc2)ccc1-c1ccccc1F. The van der Waals surface area contributed by atoms with E-state index in [1.165, 1.54) is 24.6 Å². The van der Waals surface area contributed by atoms with Gasteiger partial charge in [-0.25, -0.2) is 4.39 Å². The minimum atomic E-state index is -0.192. The van der Waals surface area contributed by atoms with E-state index in [0.717, 1.165) is 35.5 Å². The van der Waals surface area contributed by atoms with Crippen LogP contribution in [-0.4, -0.2) is 13.1 Å². The molecule has 4 rings (SSSR count). The third-order valence-corrected chi connectivity index (χ3v) is 5.17. The van der Waals surface area contributed by atoms with Crippen LogP contribution in [0.25, 0.3) is 11.1 Å². The Bertz CT molecular complexity index is 914. The summed E-state index contributed by atoms with van der Waals surface area (Å²) in [7, 11) is 0. The maximum Gasteiger partial charge on any atom is 0.131 e. The molecule has 1 heterocycles. The zero-order chi connectivity index (χ0) is 18.6. The number of benzene rings is 3. The van der Waals surface area contributed by atoms with Crippen LogP contribution in [0, 0.1) is 12.7 Å². The third kappa shape index (κ3) is 3.97. The molecule has 1 aliphatic heterocycles. The molecule has 0 spiro atoms. The van der Waals surface area contributed by atoms with Crippen molar-refractivity contribution in [2.24, 2.45) is 0 Å². The van der Waals surface area contributed by atoms with Crippen LogP contribution in [0.4, 0.5) is 10.1 Å². The van der Waals surface area contributed by atoms with Crippen LogP contribution < -0.4 is 9.64 Å². The molecule has 3 heteroatoms. The molecule has 0 unspecified atom stereocenters. The van der Waals surface area contributed by atoms with Crippen molar-refractivity contribution in [1.82, 2.24) is 0 Å². The zero-order valence-electron chi connectivity index (χ0n) is 15.6. The molecule has 0 radical (unpaired) electrons. The van der Waals surface area contributed by atoms with Crippen LogP contribution in [0.1, 0.15) is 24.0 Å². The van der Waals surface area contributed by atoms with Crippen molar-refractivity contribution in [3.8, 4) is 16.9 Å². The number of anilines is 1. The molecule has 1 aliphatic rings. The fourth-order valence-corrected chi connectivity index (χ4v) is 3.69. The summed E-state index contributed by atoms with van der Waals surface area (Å²) in [6.45, 7) is 4.80. The van der Waals surface area contributed by atoms with Crippen LogP contribution in [0.3, 0.4) is 0 Å². The third-order valence-electron chi connectivity index (χ3n) is 5.17. The van der Waals surface area contributed by atoms with Gasteiger partial charge in [-0.2, -0.15) is 0 Å².